The third-order valence-corrected chi connectivity index (χ3v) is 6.73. The van der Waals surface area contributed by atoms with Gasteiger partial charge in [-0.15, -0.1) is 0 Å². The van der Waals surface area contributed by atoms with Crippen LogP contribution in [0.5, 0.6) is 0 Å². The highest BCUT2D eigenvalue weighted by atomic mass is 35.5. The molecule has 3 aromatic rings. The Kier molecular flexibility index (Phi) is 6.80. The lowest BCUT2D eigenvalue weighted by molar-refractivity contribution is -0.120. The molecule has 0 aliphatic carbocycles. The van der Waals surface area contributed by atoms with Gasteiger partial charge in [-0.1, -0.05) is 60.1 Å². The van der Waals surface area contributed by atoms with E-state index in [0.29, 0.717) is 16.3 Å². The second kappa shape index (κ2) is 9.32. The fourth-order valence-corrected chi connectivity index (χ4v) is 4.89. The van der Waals surface area contributed by atoms with E-state index in [0.717, 1.165) is 9.87 Å². The number of carbonyl (C=O) groups excluding carboxylic acids is 1. The van der Waals surface area contributed by atoms with E-state index < -0.39 is 15.9 Å². The molecule has 0 saturated carbocycles. The van der Waals surface area contributed by atoms with Crippen LogP contribution in [-0.2, 0) is 14.8 Å². The van der Waals surface area contributed by atoms with Crippen LogP contribution < -0.4 is 9.62 Å². The molecule has 0 aliphatic heterocycles. The summed E-state index contributed by atoms with van der Waals surface area (Å²) in [6.07, 6.45) is 0. The number of aryl methyl sites for hydroxylation is 1. The van der Waals surface area contributed by atoms with E-state index >= 15 is 0 Å². The molecule has 0 saturated heterocycles. The Morgan fingerprint density at radius 1 is 1.00 bits per heavy atom. The molecule has 3 rings (SSSR count). The molecule has 0 radical (unpaired) electrons. The van der Waals surface area contributed by atoms with Gasteiger partial charge in [0.2, 0.25) is 5.91 Å². The molecule has 0 aromatic heterocycles. The SMILES string of the molecule is Cc1cc(Cl)ccc1N(CC(=O)NC(C)c1ccccc1)S(=O)(=O)c1ccccc1. The largest absolute Gasteiger partial charge is 0.348 e. The first kappa shape index (κ1) is 21.9. The van der Waals surface area contributed by atoms with Crippen molar-refractivity contribution in [1.29, 1.82) is 0 Å². The van der Waals surface area contributed by atoms with Crippen molar-refractivity contribution in [3.05, 3.63) is 95.0 Å². The Balaban J connectivity index is 1.93. The standard InChI is InChI=1S/C23H23ClN2O3S/c1-17-15-20(24)13-14-22(17)26(30(28,29)21-11-7-4-8-12-21)16-23(27)25-18(2)19-9-5-3-6-10-19/h3-15,18H,16H2,1-2H3,(H,25,27). The van der Waals surface area contributed by atoms with Gasteiger partial charge in [0.25, 0.3) is 10.0 Å². The minimum Gasteiger partial charge on any atom is -0.348 e. The zero-order chi connectivity index (χ0) is 21.7. The van der Waals surface area contributed by atoms with E-state index in [2.05, 4.69) is 5.32 Å². The molecule has 0 fully saturated rings. The van der Waals surface area contributed by atoms with E-state index in [1.165, 1.54) is 12.1 Å². The lowest BCUT2D eigenvalue weighted by Crippen LogP contribution is -2.41. The maximum atomic E-state index is 13.4. The normalized spacial score (nSPS) is 12.2. The summed E-state index contributed by atoms with van der Waals surface area (Å²) in [5.74, 6) is -0.403. The molecule has 1 unspecified atom stereocenters. The molecule has 3 aromatic carbocycles. The van der Waals surface area contributed by atoms with Gasteiger partial charge in [0.15, 0.2) is 0 Å². The van der Waals surface area contributed by atoms with Crippen molar-refractivity contribution in [3.63, 3.8) is 0 Å². The Morgan fingerprint density at radius 3 is 2.20 bits per heavy atom. The summed E-state index contributed by atoms with van der Waals surface area (Å²) < 4.78 is 27.9. The van der Waals surface area contributed by atoms with Crippen LogP contribution in [0.25, 0.3) is 0 Å². The molecule has 156 valence electrons. The minimum absolute atomic E-state index is 0.114. The van der Waals surface area contributed by atoms with Gasteiger partial charge < -0.3 is 5.32 Å². The van der Waals surface area contributed by atoms with Crippen LogP contribution in [0, 0.1) is 6.92 Å². The summed E-state index contributed by atoms with van der Waals surface area (Å²) in [6, 6.07) is 22.2. The van der Waals surface area contributed by atoms with Crippen LogP contribution in [0.3, 0.4) is 0 Å². The Bertz CT molecular complexity index is 1120. The van der Waals surface area contributed by atoms with E-state index in [4.69, 9.17) is 11.6 Å². The summed E-state index contributed by atoms with van der Waals surface area (Å²) in [5, 5.41) is 3.38. The number of nitrogens with one attached hydrogen (secondary N) is 1. The predicted molar refractivity (Wildman–Crippen MR) is 120 cm³/mol. The maximum absolute atomic E-state index is 13.4. The van der Waals surface area contributed by atoms with Crippen LogP contribution in [0.1, 0.15) is 24.1 Å². The number of hydrogen-bond acceptors (Lipinski definition) is 3. The van der Waals surface area contributed by atoms with E-state index in [1.54, 1.807) is 43.3 Å². The highest BCUT2D eigenvalue weighted by Gasteiger charge is 2.28. The smallest absolute Gasteiger partial charge is 0.264 e. The number of amides is 1. The zero-order valence-corrected chi connectivity index (χ0v) is 18.3. The Hall–Kier alpha value is -2.83. The van der Waals surface area contributed by atoms with Crippen molar-refractivity contribution in [2.24, 2.45) is 0 Å². The molecule has 1 N–H and O–H groups in total. The van der Waals surface area contributed by atoms with Gasteiger partial charge in [-0.3, -0.25) is 9.10 Å². The van der Waals surface area contributed by atoms with Crippen LogP contribution in [0.4, 0.5) is 5.69 Å². The molecular weight excluding hydrogens is 420 g/mol. The van der Waals surface area contributed by atoms with Crippen molar-refractivity contribution in [3.8, 4) is 0 Å². The Morgan fingerprint density at radius 2 is 1.60 bits per heavy atom. The molecule has 5 nitrogen and oxygen atoms in total. The number of nitrogens with zero attached hydrogens (tertiary/aromatic N) is 1. The molecular formula is C23H23ClN2O3S. The van der Waals surface area contributed by atoms with Crippen molar-refractivity contribution < 1.29 is 13.2 Å². The quantitative estimate of drug-likeness (QED) is 0.575. The molecule has 1 atom stereocenters. The van der Waals surface area contributed by atoms with Gasteiger partial charge in [-0.2, -0.15) is 0 Å². The van der Waals surface area contributed by atoms with Crippen LogP contribution >= 0.6 is 11.6 Å². The third-order valence-electron chi connectivity index (χ3n) is 4.72. The molecule has 0 bridgehead atoms. The third kappa shape index (κ3) is 5.01. The van der Waals surface area contributed by atoms with Crippen LogP contribution in [0.15, 0.2) is 83.8 Å². The number of hydrogen-bond donors (Lipinski definition) is 1. The first-order chi connectivity index (χ1) is 14.3. The fourth-order valence-electron chi connectivity index (χ4n) is 3.16. The summed E-state index contributed by atoms with van der Waals surface area (Å²) in [6.45, 7) is 3.27. The van der Waals surface area contributed by atoms with Crippen molar-refractivity contribution in [2.45, 2.75) is 24.8 Å². The van der Waals surface area contributed by atoms with Crippen molar-refractivity contribution >= 4 is 33.2 Å². The van der Waals surface area contributed by atoms with Gasteiger partial charge in [0.1, 0.15) is 6.54 Å². The monoisotopic (exact) mass is 442 g/mol. The number of benzene rings is 3. The molecule has 1 amide bonds. The lowest BCUT2D eigenvalue weighted by Gasteiger charge is -2.26. The van der Waals surface area contributed by atoms with E-state index in [-0.39, 0.29) is 17.5 Å². The number of carbonyl (C=O) groups is 1. The van der Waals surface area contributed by atoms with Gasteiger partial charge in [0.05, 0.1) is 16.6 Å². The zero-order valence-electron chi connectivity index (χ0n) is 16.7. The predicted octanol–water partition coefficient (Wildman–Crippen LogP) is 4.72. The molecule has 0 heterocycles. The highest BCUT2D eigenvalue weighted by molar-refractivity contribution is 7.92. The summed E-state index contributed by atoms with van der Waals surface area (Å²) in [7, 11) is -3.96. The summed E-state index contributed by atoms with van der Waals surface area (Å²) in [4.78, 5) is 12.9. The first-order valence-electron chi connectivity index (χ1n) is 9.47. The highest BCUT2D eigenvalue weighted by Crippen LogP contribution is 2.29. The molecule has 0 spiro atoms. The molecule has 0 aliphatic rings. The van der Waals surface area contributed by atoms with E-state index in [1.807, 2.05) is 37.3 Å². The molecule has 7 heteroatoms. The Labute approximate surface area is 182 Å². The molecule has 30 heavy (non-hydrogen) atoms. The number of halogens is 1. The van der Waals surface area contributed by atoms with Gasteiger partial charge in [-0.05, 0) is 55.3 Å². The van der Waals surface area contributed by atoms with Gasteiger partial charge in [0, 0.05) is 5.02 Å². The summed E-state index contributed by atoms with van der Waals surface area (Å²) >= 11 is 6.05. The van der Waals surface area contributed by atoms with Crippen LogP contribution in [-0.4, -0.2) is 20.9 Å². The minimum atomic E-state index is -3.96. The second-order valence-electron chi connectivity index (χ2n) is 6.96. The average Bonchev–Trinajstić information content (AvgIpc) is 2.73. The van der Waals surface area contributed by atoms with Crippen LogP contribution in [0.2, 0.25) is 5.02 Å². The average molecular weight is 443 g/mol. The van der Waals surface area contributed by atoms with Crippen molar-refractivity contribution in [1.82, 2.24) is 5.32 Å². The summed E-state index contributed by atoms with van der Waals surface area (Å²) in [5.41, 5.74) is 2.00. The van der Waals surface area contributed by atoms with Gasteiger partial charge in [-0.25, -0.2) is 8.42 Å². The lowest BCUT2D eigenvalue weighted by atomic mass is 10.1. The second-order valence-corrected chi connectivity index (χ2v) is 9.25. The number of rotatable bonds is 7. The van der Waals surface area contributed by atoms with Crippen molar-refractivity contribution in [2.75, 3.05) is 10.8 Å². The van der Waals surface area contributed by atoms with E-state index in [9.17, 15) is 13.2 Å². The maximum Gasteiger partial charge on any atom is 0.264 e. The first-order valence-corrected chi connectivity index (χ1v) is 11.3. The topological polar surface area (TPSA) is 66.5 Å². The number of anilines is 1. The fraction of sp³-hybridized carbons (Fsp3) is 0.174. The number of sulfonamides is 1. The van der Waals surface area contributed by atoms with Gasteiger partial charge >= 0.3 is 0 Å².